The largest absolute Gasteiger partial charge is 0.448 e. The number of primary amides is 1. The Labute approximate surface area is 201 Å². The number of halogens is 1. The Morgan fingerprint density at radius 1 is 1.29 bits per heavy atom. The van der Waals surface area contributed by atoms with E-state index in [1.165, 1.54) is 40.0 Å². The highest BCUT2D eigenvalue weighted by molar-refractivity contribution is 5.98. The lowest BCUT2D eigenvalue weighted by Gasteiger charge is -2.34. The lowest BCUT2D eigenvalue weighted by Crippen LogP contribution is -2.45. The van der Waals surface area contributed by atoms with E-state index in [4.69, 9.17) is 10.5 Å². The first-order chi connectivity index (χ1) is 16.9. The molecule has 2 aromatic rings. The monoisotopic (exact) mass is 483 g/mol. The van der Waals surface area contributed by atoms with Gasteiger partial charge in [-0.25, -0.2) is 9.18 Å². The van der Waals surface area contributed by atoms with Gasteiger partial charge in [-0.3, -0.25) is 14.3 Å². The molecule has 2 saturated heterocycles. The van der Waals surface area contributed by atoms with Crippen LogP contribution in [0.25, 0.3) is 0 Å². The lowest BCUT2D eigenvalue weighted by atomic mass is 9.94. The second kappa shape index (κ2) is 10.4. The summed E-state index contributed by atoms with van der Waals surface area (Å²) in [5.41, 5.74) is 6.16. The van der Waals surface area contributed by atoms with Crippen LogP contribution in [0.5, 0.6) is 0 Å². The first-order valence-corrected chi connectivity index (χ1v) is 11.4. The van der Waals surface area contributed by atoms with Gasteiger partial charge in [0.1, 0.15) is 18.0 Å². The second-order valence-electron chi connectivity index (χ2n) is 8.50. The standard InChI is InChI=1S/C23H26FN7O4/c24-16-3-5-17(6-4-16)27-22-18(21(26)33)14-31(28-22)19-7-9-30(13-15(19)12-25)23(34)35-11-10-29-8-1-2-20(29)32/h3-6,14-15,19H,1-2,7-11,13H2,(H2,26,33)(H,27,28). The number of nitrogens with two attached hydrogens (primary N) is 1. The molecule has 2 aliphatic heterocycles. The van der Waals surface area contributed by atoms with Crippen molar-refractivity contribution in [3.05, 3.63) is 41.8 Å². The van der Waals surface area contributed by atoms with Crippen molar-refractivity contribution in [2.24, 2.45) is 11.7 Å². The third-order valence-corrected chi connectivity index (χ3v) is 6.20. The van der Waals surface area contributed by atoms with Crippen molar-refractivity contribution in [1.29, 1.82) is 5.26 Å². The van der Waals surface area contributed by atoms with Crippen LogP contribution in [-0.2, 0) is 9.53 Å². The molecule has 2 atom stereocenters. The van der Waals surface area contributed by atoms with Crippen LogP contribution in [0.3, 0.4) is 0 Å². The zero-order chi connectivity index (χ0) is 24.9. The fourth-order valence-corrected chi connectivity index (χ4v) is 4.33. The molecule has 2 fully saturated rings. The molecular formula is C23H26FN7O4. The Morgan fingerprint density at radius 3 is 2.71 bits per heavy atom. The van der Waals surface area contributed by atoms with Gasteiger partial charge < -0.3 is 25.6 Å². The number of nitrogens with one attached hydrogen (secondary N) is 1. The molecule has 1 aromatic carbocycles. The number of hydrogen-bond acceptors (Lipinski definition) is 7. The summed E-state index contributed by atoms with van der Waals surface area (Å²) in [5.74, 6) is -1.45. The Morgan fingerprint density at radius 2 is 2.06 bits per heavy atom. The maximum atomic E-state index is 13.2. The number of carbonyl (C=O) groups is 3. The number of piperidine rings is 1. The van der Waals surface area contributed by atoms with Crippen molar-refractivity contribution < 1.29 is 23.5 Å². The molecule has 12 heteroatoms. The first-order valence-electron chi connectivity index (χ1n) is 11.4. The first kappa shape index (κ1) is 24.0. The van der Waals surface area contributed by atoms with Crippen LogP contribution in [0.4, 0.5) is 20.7 Å². The van der Waals surface area contributed by atoms with Crippen LogP contribution < -0.4 is 11.1 Å². The predicted octanol–water partition coefficient (Wildman–Crippen LogP) is 2.01. The molecule has 11 nitrogen and oxygen atoms in total. The predicted molar refractivity (Wildman–Crippen MR) is 122 cm³/mol. The van der Waals surface area contributed by atoms with E-state index in [0.717, 1.165) is 6.42 Å². The van der Waals surface area contributed by atoms with Crippen LogP contribution in [0.2, 0.25) is 0 Å². The van der Waals surface area contributed by atoms with Gasteiger partial charge >= 0.3 is 6.09 Å². The SMILES string of the molecule is N#CC1CN(C(=O)OCCN2CCCC2=O)CCC1n1cc(C(N)=O)c(Nc2ccc(F)cc2)n1. The number of nitrogens with zero attached hydrogens (tertiary/aromatic N) is 5. The van der Waals surface area contributed by atoms with Crippen molar-refractivity contribution in [2.75, 3.05) is 38.1 Å². The Balaban J connectivity index is 1.40. The number of anilines is 2. The third-order valence-electron chi connectivity index (χ3n) is 6.20. The Hall–Kier alpha value is -4.14. The number of hydrogen-bond donors (Lipinski definition) is 2. The quantitative estimate of drug-likeness (QED) is 0.612. The summed E-state index contributed by atoms with van der Waals surface area (Å²) in [4.78, 5) is 39.3. The maximum Gasteiger partial charge on any atom is 0.409 e. The molecule has 2 aliphatic rings. The highest BCUT2D eigenvalue weighted by atomic mass is 19.1. The van der Waals surface area contributed by atoms with Crippen LogP contribution in [0, 0.1) is 23.1 Å². The maximum absolute atomic E-state index is 13.2. The van der Waals surface area contributed by atoms with E-state index >= 15 is 0 Å². The highest BCUT2D eigenvalue weighted by Crippen LogP contribution is 2.30. The minimum absolute atomic E-state index is 0.0641. The van der Waals surface area contributed by atoms with E-state index in [1.54, 1.807) is 4.90 Å². The van der Waals surface area contributed by atoms with Gasteiger partial charge in [0.25, 0.3) is 5.91 Å². The molecule has 0 radical (unpaired) electrons. The topological polar surface area (TPSA) is 147 Å². The average molecular weight is 484 g/mol. The van der Waals surface area contributed by atoms with Crippen LogP contribution >= 0.6 is 0 Å². The fourth-order valence-electron chi connectivity index (χ4n) is 4.33. The van der Waals surface area contributed by atoms with Gasteiger partial charge in [0.15, 0.2) is 5.82 Å². The van der Waals surface area contributed by atoms with E-state index in [1.807, 2.05) is 0 Å². The number of nitriles is 1. The smallest absolute Gasteiger partial charge is 0.409 e. The van der Waals surface area contributed by atoms with Gasteiger partial charge in [-0.15, -0.1) is 0 Å². The highest BCUT2D eigenvalue weighted by Gasteiger charge is 2.35. The summed E-state index contributed by atoms with van der Waals surface area (Å²) in [6, 6.07) is 7.36. The van der Waals surface area contributed by atoms with Crippen molar-refractivity contribution in [3.63, 3.8) is 0 Å². The van der Waals surface area contributed by atoms with E-state index in [-0.39, 0.29) is 30.4 Å². The van der Waals surface area contributed by atoms with E-state index in [2.05, 4.69) is 16.5 Å². The number of amides is 3. The van der Waals surface area contributed by atoms with E-state index in [9.17, 15) is 24.0 Å². The van der Waals surface area contributed by atoms with Gasteiger partial charge in [0.2, 0.25) is 5.91 Å². The fraction of sp³-hybridized carbons (Fsp3) is 0.435. The zero-order valence-electron chi connectivity index (χ0n) is 19.0. The lowest BCUT2D eigenvalue weighted by molar-refractivity contribution is -0.128. The van der Waals surface area contributed by atoms with Gasteiger partial charge in [-0.1, -0.05) is 0 Å². The molecular weight excluding hydrogens is 457 g/mol. The van der Waals surface area contributed by atoms with Gasteiger partial charge in [0.05, 0.1) is 24.6 Å². The molecule has 0 saturated carbocycles. The molecule has 1 aromatic heterocycles. The summed E-state index contributed by atoms with van der Waals surface area (Å²) in [7, 11) is 0. The minimum Gasteiger partial charge on any atom is -0.448 e. The summed E-state index contributed by atoms with van der Waals surface area (Å²) >= 11 is 0. The molecule has 184 valence electrons. The summed E-state index contributed by atoms with van der Waals surface area (Å²) in [5, 5.41) is 17.1. The van der Waals surface area contributed by atoms with Crippen LogP contribution in [0.15, 0.2) is 30.5 Å². The molecule has 0 bridgehead atoms. The van der Waals surface area contributed by atoms with Crippen molar-refractivity contribution >= 4 is 29.4 Å². The van der Waals surface area contributed by atoms with Crippen molar-refractivity contribution in [2.45, 2.75) is 25.3 Å². The number of rotatable bonds is 7. The van der Waals surface area contributed by atoms with Gasteiger partial charge in [0, 0.05) is 37.9 Å². The molecule has 3 amide bonds. The van der Waals surface area contributed by atoms with Gasteiger partial charge in [-0.2, -0.15) is 10.4 Å². The zero-order valence-corrected chi connectivity index (χ0v) is 19.0. The Bertz CT molecular complexity index is 1140. The van der Waals surface area contributed by atoms with E-state index in [0.29, 0.717) is 38.2 Å². The van der Waals surface area contributed by atoms with Gasteiger partial charge in [-0.05, 0) is 37.1 Å². The van der Waals surface area contributed by atoms with E-state index < -0.39 is 29.8 Å². The van der Waals surface area contributed by atoms with Crippen molar-refractivity contribution in [1.82, 2.24) is 19.6 Å². The summed E-state index contributed by atoms with van der Waals surface area (Å²) in [6.45, 7) is 1.59. The normalized spacial score (nSPS) is 19.9. The second-order valence-corrected chi connectivity index (χ2v) is 8.50. The number of benzene rings is 1. The molecule has 3 heterocycles. The molecule has 35 heavy (non-hydrogen) atoms. The van der Waals surface area contributed by atoms with Crippen molar-refractivity contribution in [3.8, 4) is 6.07 Å². The third kappa shape index (κ3) is 5.51. The summed E-state index contributed by atoms with van der Waals surface area (Å²) < 4.78 is 20.0. The Kier molecular flexibility index (Phi) is 7.14. The number of ether oxygens (including phenoxy) is 1. The summed E-state index contributed by atoms with van der Waals surface area (Å²) in [6.07, 6.45) is 2.69. The average Bonchev–Trinajstić information content (AvgIpc) is 3.46. The van der Waals surface area contributed by atoms with Crippen LogP contribution in [0.1, 0.15) is 35.7 Å². The number of likely N-dealkylation sites (tertiary alicyclic amines) is 2. The molecule has 0 aliphatic carbocycles. The number of aromatic nitrogens is 2. The molecule has 0 spiro atoms. The molecule has 3 N–H and O–H groups in total. The minimum atomic E-state index is -0.702. The van der Waals surface area contributed by atoms with Crippen LogP contribution in [-0.4, -0.2) is 70.3 Å². The number of carbonyl (C=O) groups excluding carboxylic acids is 3. The molecule has 4 rings (SSSR count). The molecule has 2 unspecified atom stereocenters.